The minimum Gasteiger partial charge on any atom is -0.352 e. The van der Waals surface area contributed by atoms with Crippen LogP contribution in [0.25, 0.3) is 26.0 Å². The van der Waals surface area contributed by atoms with E-state index < -0.39 is 0 Å². The van der Waals surface area contributed by atoms with Crippen LogP contribution in [0.3, 0.4) is 0 Å². The fourth-order valence-corrected chi connectivity index (χ4v) is 5.99. The summed E-state index contributed by atoms with van der Waals surface area (Å²) in [6.07, 6.45) is 4.09. The van der Waals surface area contributed by atoms with Crippen molar-refractivity contribution in [3.8, 4) is 0 Å². The van der Waals surface area contributed by atoms with Crippen LogP contribution in [0.4, 0.5) is 15.8 Å². The third kappa shape index (κ3) is 2.96. The number of pyridine rings is 1. The van der Waals surface area contributed by atoms with Crippen LogP contribution >= 0.6 is 22.7 Å². The molecule has 0 spiro atoms. The van der Waals surface area contributed by atoms with Gasteiger partial charge in [0.05, 0.1) is 21.6 Å². The number of rotatable bonds is 4. The molecule has 0 saturated carbocycles. The molecule has 3 aromatic heterocycles. The monoisotopic (exact) mass is 424 g/mol. The van der Waals surface area contributed by atoms with E-state index in [1.54, 1.807) is 29.1 Å². The van der Waals surface area contributed by atoms with Crippen molar-refractivity contribution in [2.75, 3.05) is 18.4 Å². The van der Waals surface area contributed by atoms with Crippen molar-refractivity contribution in [2.24, 2.45) is 0 Å². The van der Waals surface area contributed by atoms with Gasteiger partial charge in [-0.3, -0.25) is 4.90 Å². The number of thiazole rings is 1. The average Bonchev–Trinajstić information content (AvgIpc) is 3.40. The highest BCUT2D eigenvalue weighted by Gasteiger charge is 2.35. The number of hydrogen-bond donors (Lipinski definition) is 1. The maximum absolute atomic E-state index is 14.9. The number of nitrogens with zero attached hydrogens (tertiary/aromatic N) is 3. The lowest BCUT2D eigenvalue weighted by molar-refractivity contribution is 0.218. The number of hydrogen-bond acceptors (Lipinski definition) is 6. The van der Waals surface area contributed by atoms with Crippen molar-refractivity contribution >= 4 is 60.1 Å². The first kappa shape index (κ1) is 18.7. The van der Waals surface area contributed by atoms with Crippen molar-refractivity contribution in [3.63, 3.8) is 0 Å². The number of thiophene rings is 1. The molecule has 1 aliphatic heterocycles. The molecule has 4 nitrogen and oxygen atoms in total. The highest BCUT2D eigenvalue weighted by Crippen LogP contribution is 2.43. The second-order valence-corrected chi connectivity index (χ2v) is 9.57. The largest absolute Gasteiger partial charge is 0.352 e. The molecule has 148 valence electrons. The lowest BCUT2D eigenvalue weighted by atomic mass is 9.94. The Labute approximate surface area is 176 Å². The maximum atomic E-state index is 14.9. The van der Waals surface area contributed by atoms with Gasteiger partial charge in [0.15, 0.2) is 5.82 Å². The molecule has 0 saturated heterocycles. The van der Waals surface area contributed by atoms with Gasteiger partial charge in [-0.05, 0) is 50.2 Å². The molecule has 7 heteroatoms. The first-order chi connectivity index (χ1) is 14.0. The molecular formula is C22H21FN4S2. The number of nitrogens with one attached hydrogen (secondary N) is 1. The molecule has 0 bridgehead atoms. The summed E-state index contributed by atoms with van der Waals surface area (Å²) in [5.74, 6) is -0.317. The maximum Gasteiger partial charge on any atom is 0.173 e. The quantitative estimate of drug-likeness (QED) is 0.418. The lowest BCUT2D eigenvalue weighted by Crippen LogP contribution is -2.40. The van der Waals surface area contributed by atoms with Gasteiger partial charge in [0, 0.05) is 28.5 Å². The number of benzene rings is 1. The molecule has 0 fully saturated rings. The number of fused-ring (bicyclic) bond motifs is 2. The Balaban J connectivity index is 1.55. The molecular weight excluding hydrogens is 403 g/mol. The van der Waals surface area contributed by atoms with E-state index in [-0.39, 0.29) is 11.4 Å². The lowest BCUT2D eigenvalue weighted by Gasteiger charge is -2.33. The van der Waals surface area contributed by atoms with Crippen molar-refractivity contribution in [3.05, 3.63) is 52.7 Å². The topological polar surface area (TPSA) is 41.0 Å². The summed E-state index contributed by atoms with van der Waals surface area (Å²) in [5, 5.41) is 4.28. The fourth-order valence-electron chi connectivity index (χ4n) is 4.10. The normalized spacial score (nSPS) is 16.6. The standard InChI is InChI=1S/C22H21FN4S2/c1-4-27-10-8-14(22(27,2)3)18-11-13-15(7-9-24-21(13)29-18)26-16-5-6-17-20(19(16)23)25-12-28-17/h5-9,11-12H,4,10H2,1-3H3,(H,24,26). The fraction of sp³-hybridized carbons (Fsp3) is 0.273. The number of anilines is 2. The molecule has 0 aliphatic carbocycles. The van der Waals surface area contributed by atoms with Crippen LogP contribution in [-0.4, -0.2) is 33.5 Å². The molecule has 0 unspecified atom stereocenters. The second kappa shape index (κ2) is 6.86. The van der Waals surface area contributed by atoms with E-state index in [0.717, 1.165) is 33.7 Å². The van der Waals surface area contributed by atoms with Gasteiger partial charge in [0.2, 0.25) is 0 Å². The minimum atomic E-state index is -0.317. The number of likely N-dealkylation sites (N-methyl/N-ethyl adjacent to an activating group) is 1. The van der Waals surface area contributed by atoms with E-state index in [1.165, 1.54) is 21.8 Å². The van der Waals surface area contributed by atoms with Crippen molar-refractivity contribution in [1.29, 1.82) is 0 Å². The summed E-state index contributed by atoms with van der Waals surface area (Å²) >= 11 is 3.13. The van der Waals surface area contributed by atoms with Gasteiger partial charge in [-0.25, -0.2) is 14.4 Å². The van der Waals surface area contributed by atoms with Crippen LogP contribution in [0.1, 0.15) is 25.6 Å². The molecule has 1 aromatic carbocycles. The van der Waals surface area contributed by atoms with E-state index in [4.69, 9.17) is 0 Å². The first-order valence-corrected chi connectivity index (χ1v) is 11.3. The highest BCUT2D eigenvalue weighted by atomic mass is 32.1. The van der Waals surface area contributed by atoms with E-state index in [1.807, 2.05) is 12.1 Å². The third-order valence-corrected chi connectivity index (χ3v) is 7.63. The van der Waals surface area contributed by atoms with Gasteiger partial charge in [0.1, 0.15) is 10.3 Å². The van der Waals surface area contributed by atoms with Crippen molar-refractivity contribution in [2.45, 2.75) is 26.3 Å². The molecule has 0 radical (unpaired) electrons. The SMILES string of the molecule is CCN1CC=C(c2cc3c(Nc4ccc5scnc5c4F)ccnc3s2)C1(C)C. The van der Waals surface area contributed by atoms with Crippen LogP contribution in [-0.2, 0) is 0 Å². The summed E-state index contributed by atoms with van der Waals surface area (Å²) in [7, 11) is 0. The Hall–Kier alpha value is -2.35. The van der Waals surface area contributed by atoms with Crippen molar-refractivity contribution in [1.82, 2.24) is 14.9 Å². The van der Waals surface area contributed by atoms with Crippen LogP contribution < -0.4 is 5.32 Å². The zero-order chi connectivity index (χ0) is 20.2. The van der Waals surface area contributed by atoms with Crippen LogP contribution in [0.15, 0.2) is 42.0 Å². The van der Waals surface area contributed by atoms with E-state index in [0.29, 0.717) is 11.2 Å². The zero-order valence-electron chi connectivity index (χ0n) is 16.5. The van der Waals surface area contributed by atoms with Crippen LogP contribution in [0.5, 0.6) is 0 Å². The summed E-state index contributed by atoms with van der Waals surface area (Å²) in [5.41, 5.74) is 4.70. The molecule has 1 aliphatic rings. The smallest absolute Gasteiger partial charge is 0.173 e. The Morgan fingerprint density at radius 3 is 2.86 bits per heavy atom. The zero-order valence-corrected chi connectivity index (χ0v) is 18.1. The Bertz CT molecular complexity index is 1250. The summed E-state index contributed by atoms with van der Waals surface area (Å²) in [4.78, 5) is 13.3. The van der Waals surface area contributed by atoms with Gasteiger partial charge in [-0.15, -0.1) is 22.7 Å². The van der Waals surface area contributed by atoms with Gasteiger partial charge >= 0.3 is 0 Å². The minimum absolute atomic E-state index is 0.00895. The number of halogens is 1. The Morgan fingerprint density at radius 1 is 1.21 bits per heavy atom. The average molecular weight is 425 g/mol. The van der Waals surface area contributed by atoms with Crippen LogP contribution in [0.2, 0.25) is 0 Å². The number of aromatic nitrogens is 2. The highest BCUT2D eigenvalue weighted by molar-refractivity contribution is 7.19. The van der Waals surface area contributed by atoms with E-state index in [2.05, 4.69) is 53.1 Å². The molecule has 29 heavy (non-hydrogen) atoms. The second-order valence-electron chi connectivity index (χ2n) is 7.65. The van der Waals surface area contributed by atoms with E-state index >= 15 is 0 Å². The van der Waals surface area contributed by atoms with Gasteiger partial charge in [-0.2, -0.15) is 0 Å². The predicted molar refractivity (Wildman–Crippen MR) is 122 cm³/mol. The summed E-state index contributed by atoms with van der Waals surface area (Å²) in [6, 6.07) is 7.76. The van der Waals surface area contributed by atoms with Gasteiger partial charge < -0.3 is 5.32 Å². The van der Waals surface area contributed by atoms with Gasteiger partial charge in [0.25, 0.3) is 0 Å². The molecule has 4 aromatic rings. The van der Waals surface area contributed by atoms with Gasteiger partial charge in [-0.1, -0.05) is 13.0 Å². The Morgan fingerprint density at radius 2 is 2.07 bits per heavy atom. The molecule has 0 atom stereocenters. The molecule has 5 rings (SSSR count). The molecule has 4 heterocycles. The summed E-state index contributed by atoms with van der Waals surface area (Å²) in [6.45, 7) is 8.71. The van der Waals surface area contributed by atoms with Crippen molar-refractivity contribution < 1.29 is 4.39 Å². The summed E-state index contributed by atoms with van der Waals surface area (Å²) < 4.78 is 15.7. The predicted octanol–water partition coefficient (Wildman–Crippen LogP) is 6.29. The first-order valence-electron chi connectivity index (χ1n) is 9.62. The Kier molecular flexibility index (Phi) is 4.42. The third-order valence-electron chi connectivity index (χ3n) is 5.76. The molecule has 0 amide bonds. The van der Waals surface area contributed by atoms with E-state index in [9.17, 15) is 4.39 Å². The van der Waals surface area contributed by atoms with Crippen LogP contribution in [0, 0.1) is 5.82 Å². The molecule has 1 N–H and O–H groups in total.